The summed E-state index contributed by atoms with van der Waals surface area (Å²) < 4.78 is 11.4. The Labute approximate surface area is 165 Å². The molecule has 1 aromatic heterocycles. The predicted molar refractivity (Wildman–Crippen MR) is 112 cm³/mol. The van der Waals surface area contributed by atoms with Gasteiger partial charge in [-0.05, 0) is 36.2 Å². The average Bonchev–Trinajstić information content (AvgIpc) is 2.78. The highest BCUT2D eigenvalue weighted by Crippen LogP contribution is 2.36. The number of benzene rings is 2. The number of hydrogen-bond acceptors (Lipinski definition) is 5. The Hall–Kier alpha value is -2.79. The minimum atomic E-state index is 0.592. The molecule has 0 atom stereocenters. The van der Waals surface area contributed by atoms with Crippen LogP contribution in [0.3, 0.4) is 0 Å². The number of fused-ring (bicyclic) bond motifs is 2. The van der Waals surface area contributed by atoms with Crippen molar-refractivity contribution in [2.45, 2.75) is 6.92 Å². The summed E-state index contributed by atoms with van der Waals surface area (Å²) in [4.78, 5) is 10.0. The van der Waals surface area contributed by atoms with E-state index < -0.39 is 0 Å². The molecule has 28 heavy (non-hydrogen) atoms. The standard InChI is InChI=1S/C23H25N3O2/c1-2-25-9-11-26(12-10-25)23-19-6-4-3-5-17(19)15-20(24-23)18-7-8-21-22(16-18)28-14-13-27-21/h3-8,15-16H,2,9-14H2,1H3. The fraction of sp³-hybridized carbons (Fsp3) is 0.348. The molecule has 0 spiro atoms. The SMILES string of the molecule is CCN1CCN(c2nc(-c3ccc4c(c3)OCCO4)cc3ccccc23)CC1. The second-order valence-electron chi connectivity index (χ2n) is 7.33. The van der Waals surface area contributed by atoms with Gasteiger partial charge < -0.3 is 19.3 Å². The van der Waals surface area contributed by atoms with E-state index in [2.05, 4.69) is 53.1 Å². The van der Waals surface area contributed by atoms with Gasteiger partial charge in [0.05, 0.1) is 5.69 Å². The number of hydrogen-bond donors (Lipinski definition) is 0. The fourth-order valence-corrected chi connectivity index (χ4v) is 4.05. The second-order valence-corrected chi connectivity index (χ2v) is 7.33. The third-order valence-corrected chi connectivity index (χ3v) is 5.68. The lowest BCUT2D eigenvalue weighted by Gasteiger charge is -2.35. The van der Waals surface area contributed by atoms with Crippen LogP contribution in [0, 0.1) is 0 Å². The van der Waals surface area contributed by atoms with Crippen LogP contribution in [0.25, 0.3) is 22.0 Å². The minimum Gasteiger partial charge on any atom is -0.486 e. The Balaban J connectivity index is 1.57. The Morgan fingerprint density at radius 1 is 0.893 bits per heavy atom. The van der Waals surface area contributed by atoms with E-state index in [4.69, 9.17) is 14.5 Å². The Morgan fingerprint density at radius 2 is 1.68 bits per heavy atom. The van der Waals surface area contributed by atoms with Crippen molar-refractivity contribution in [1.82, 2.24) is 9.88 Å². The van der Waals surface area contributed by atoms with E-state index in [9.17, 15) is 0 Å². The number of pyridine rings is 1. The molecule has 3 heterocycles. The number of rotatable bonds is 3. The van der Waals surface area contributed by atoms with Crippen LogP contribution in [0.5, 0.6) is 11.5 Å². The zero-order chi connectivity index (χ0) is 18.9. The van der Waals surface area contributed by atoms with Crippen LogP contribution in [-0.2, 0) is 0 Å². The normalized spacial score (nSPS) is 17.1. The van der Waals surface area contributed by atoms with Crippen LogP contribution >= 0.6 is 0 Å². The van der Waals surface area contributed by atoms with Gasteiger partial charge in [-0.25, -0.2) is 4.98 Å². The van der Waals surface area contributed by atoms with Crippen LogP contribution in [0.1, 0.15) is 6.92 Å². The average molecular weight is 375 g/mol. The fourth-order valence-electron chi connectivity index (χ4n) is 4.05. The molecule has 0 N–H and O–H groups in total. The molecule has 5 rings (SSSR count). The maximum atomic E-state index is 5.78. The molecule has 1 saturated heterocycles. The Bertz CT molecular complexity index is 996. The first-order chi connectivity index (χ1) is 13.8. The van der Waals surface area contributed by atoms with Crippen molar-refractivity contribution >= 4 is 16.6 Å². The number of nitrogens with zero attached hydrogens (tertiary/aromatic N) is 3. The molecule has 0 aliphatic carbocycles. The Morgan fingerprint density at radius 3 is 2.50 bits per heavy atom. The monoisotopic (exact) mass is 375 g/mol. The molecule has 0 bridgehead atoms. The highest BCUT2D eigenvalue weighted by atomic mass is 16.6. The molecule has 0 saturated carbocycles. The molecule has 1 fully saturated rings. The van der Waals surface area contributed by atoms with Crippen molar-refractivity contribution in [1.29, 1.82) is 0 Å². The number of piperazine rings is 1. The zero-order valence-corrected chi connectivity index (χ0v) is 16.2. The topological polar surface area (TPSA) is 37.8 Å². The van der Waals surface area contributed by atoms with Gasteiger partial charge >= 0.3 is 0 Å². The van der Waals surface area contributed by atoms with Crippen molar-refractivity contribution in [3.8, 4) is 22.8 Å². The summed E-state index contributed by atoms with van der Waals surface area (Å²) in [7, 11) is 0. The molecule has 0 amide bonds. The maximum absolute atomic E-state index is 5.78. The highest BCUT2D eigenvalue weighted by Gasteiger charge is 2.20. The predicted octanol–water partition coefficient (Wildman–Crippen LogP) is 3.81. The summed E-state index contributed by atoms with van der Waals surface area (Å²) in [6.45, 7) is 8.72. The van der Waals surface area contributed by atoms with Crippen molar-refractivity contribution < 1.29 is 9.47 Å². The van der Waals surface area contributed by atoms with Crippen molar-refractivity contribution in [2.75, 3.05) is 50.8 Å². The Kier molecular flexibility index (Phi) is 4.53. The first kappa shape index (κ1) is 17.3. The molecule has 5 heteroatoms. The highest BCUT2D eigenvalue weighted by molar-refractivity contribution is 5.95. The minimum absolute atomic E-state index is 0.592. The van der Waals surface area contributed by atoms with Crippen LogP contribution in [0.2, 0.25) is 0 Å². The van der Waals surface area contributed by atoms with E-state index in [0.717, 1.165) is 61.3 Å². The lowest BCUT2D eigenvalue weighted by Crippen LogP contribution is -2.46. The third kappa shape index (κ3) is 3.16. The van der Waals surface area contributed by atoms with Crippen LogP contribution < -0.4 is 14.4 Å². The summed E-state index contributed by atoms with van der Waals surface area (Å²) in [5, 5.41) is 2.43. The summed E-state index contributed by atoms with van der Waals surface area (Å²) in [6.07, 6.45) is 0. The first-order valence-electron chi connectivity index (χ1n) is 10.1. The molecule has 2 aliphatic rings. The van der Waals surface area contributed by atoms with Gasteiger partial charge in [0.15, 0.2) is 11.5 Å². The smallest absolute Gasteiger partial charge is 0.162 e. The van der Waals surface area contributed by atoms with Gasteiger partial charge in [-0.3, -0.25) is 0 Å². The van der Waals surface area contributed by atoms with Crippen molar-refractivity contribution in [3.63, 3.8) is 0 Å². The summed E-state index contributed by atoms with van der Waals surface area (Å²) in [5.41, 5.74) is 2.03. The molecule has 2 aliphatic heterocycles. The molecule has 0 radical (unpaired) electrons. The van der Waals surface area contributed by atoms with Gasteiger partial charge in [-0.15, -0.1) is 0 Å². The van der Waals surface area contributed by atoms with E-state index in [1.807, 2.05) is 12.1 Å². The first-order valence-corrected chi connectivity index (χ1v) is 10.1. The van der Waals surface area contributed by atoms with Crippen LogP contribution in [0.15, 0.2) is 48.5 Å². The molecular formula is C23H25N3O2. The second kappa shape index (κ2) is 7.32. The quantitative estimate of drug-likeness (QED) is 0.696. The van der Waals surface area contributed by atoms with Crippen LogP contribution in [0.4, 0.5) is 5.82 Å². The number of anilines is 1. The molecule has 2 aromatic carbocycles. The number of ether oxygens (including phenoxy) is 2. The molecular weight excluding hydrogens is 350 g/mol. The van der Waals surface area contributed by atoms with Crippen molar-refractivity contribution in [3.05, 3.63) is 48.5 Å². The molecule has 3 aromatic rings. The molecule has 5 nitrogen and oxygen atoms in total. The lowest BCUT2D eigenvalue weighted by atomic mass is 10.1. The largest absolute Gasteiger partial charge is 0.486 e. The van der Waals surface area contributed by atoms with Gasteiger partial charge in [0.25, 0.3) is 0 Å². The van der Waals surface area contributed by atoms with Crippen LogP contribution in [-0.4, -0.2) is 55.8 Å². The van der Waals surface area contributed by atoms with Gasteiger partial charge in [-0.1, -0.05) is 31.2 Å². The summed E-state index contributed by atoms with van der Waals surface area (Å²) in [6, 6.07) is 16.8. The van der Waals surface area contributed by atoms with E-state index in [1.54, 1.807) is 0 Å². The maximum Gasteiger partial charge on any atom is 0.162 e. The molecule has 0 unspecified atom stereocenters. The zero-order valence-electron chi connectivity index (χ0n) is 16.2. The third-order valence-electron chi connectivity index (χ3n) is 5.68. The van der Waals surface area contributed by atoms with E-state index in [0.29, 0.717) is 13.2 Å². The van der Waals surface area contributed by atoms with E-state index >= 15 is 0 Å². The van der Waals surface area contributed by atoms with Gasteiger partial charge in [0, 0.05) is 37.1 Å². The van der Waals surface area contributed by atoms with Crippen molar-refractivity contribution in [2.24, 2.45) is 0 Å². The van der Waals surface area contributed by atoms with Gasteiger partial charge in [-0.2, -0.15) is 0 Å². The van der Waals surface area contributed by atoms with Gasteiger partial charge in [0.1, 0.15) is 19.0 Å². The lowest BCUT2D eigenvalue weighted by molar-refractivity contribution is 0.171. The summed E-state index contributed by atoms with van der Waals surface area (Å²) >= 11 is 0. The number of likely N-dealkylation sites (N-methyl/N-ethyl adjacent to an activating group) is 1. The number of aromatic nitrogens is 1. The summed E-state index contributed by atoms with van der Waals surface area (Å²) in [5.74, 6) is 2.70. The van der Waals surface area contributed by atoms with E-state index in [-0.39, 0.29) is 0 Å². The molecule has 144 valence electrons. The van der Waals surface area contributed by atoms with Gasteiger partial charge in [0.2, 0.25) is 0 Å². The van der Waals surface area contributed by atoms with E-state index in [1.165, 1.54) is 10.8 Å².